The Labute approximate surface area is 160 Å². The van der Waals surface area contributed by atoms with E-state index in [0.29, 0.717) is 11.3 Å². The molecule has 5 nitrogen and oxygen atoms in total. The predicted molar refractivity (Wildman–Crippen MR) is 109 cm³/mol. The maximum atomic E-state index is 12.6. The van der Waals surface area contributed by atoms with E-state index < -0.39 is 0 Å². The molecule has 3 aromatic heterocycles. The number of para-hydroxylation sites is 1. The van der Waals surface area contributed by atoms with Crippen molar-refractivity contribution in [1.29, 1.82) is 0 Å². The lowest BCUT2D eigenvalue weighted by Crippen LogP contribution is -2.17. The molecule has 2 unspecified atom stereocenters. The molecule has 1 saturated carbocycles. The lowest BCUT2D eigenvalue weighted by molar-refractivity contribution is 0.369. The average Bonchev–Trinajstić information content (AvgIpc) is 3.31. The summed E-state index contributed by atoms with van der Waals surface area (Å²) in [5, 5.41) is 0.609. The van der Waals surface area contributed by atoms with Crippen LogP contribution in [0.2, 0.25) is 0 Å². The fourth-order valence-corrected chi connectivity index (χ4v) is 6.26. The summed E-state index contributed by atoms with van der Waals surface area (Å²) in [6.45, 7) is 2.38. The Morgan fingerprint density at radius 3 is 2.74 bits per heavy atom. The summed E-state index contributed by atoms with van der Waals surface area (Å²) in [5.74, 6) is 2.85. The normalized spacial score (nSPS) is 25.7. The van der Waals surface area contributed by atoms with Gasteiger partial charge in [-0.15, -0.1) is 11.3 Å². The molecule has 6 rings (SSSR count). The van der Waals surface area contributed by atoms with Gasteiger partial charge in [0, 0.05) is 31.3 Å². The van der Waals surface area contributed by atoms with E-state index >= 15 is 0 Å². The van der Waals surface area contributed by atoms with E-state index in [1.807, 2.05) is 12.1 Å². The Balaban J connectivity index is 1.54. The van der Waals surface area contributed by atoms with Gasteiger partial charge in [-0.2, -0.15) is 0 Å². The minimum absolute atomic E-state index is 0.00743. The summed E-state index contributed by atoms with van der Waals surface area (Å²) in [4.78, 5) is 25.6. The molecular weight excluding hydrogens is 356 g/mol. The highest BCUT2D eigenvalue weighted by Gasteiger charge is 2.41. The van der Waals surface area contributed by atoms with Crippen molar-refractivity contribution in [1.82, 2.24) is 19.3 Å². The minimum Gasteiger partial charge on any atom is -0.306 e. The van der Waals surface area contributed by atoms with Crippen molar-refractivity contribution in [2.45, 2.75) is 18.8 Å². The third-order valence-corrected chi connectivity index (χ3v) is 7.43. The summed E-state index contributed by atoms with van der Waals surface area (Å²) in [6.07, 6.45) is 4.07. The van der Waals surface area contributed by atoms with Gasteiger partial charge in [0.1, 0.15) is 10.7 Å². The van der Waals surface area contributed by atoms with Crippen LogP contribution in [0.5, 0.6) is 0 Å². The lowest BCUT2D eigenvalue weighted by Gasteiger charge is -2.14. The number of fused-ring (bicyclic) bond motifs is 6. The van der Waals surface area contributed by atoms with E-state index in [-0.39, 0.29) is 5.43 Å². The Hall–Kier alpha value is -2.31. The highest BCUT2D eigenvalue weighted by molar-refractivity contribution is 7.24. The molecule has 27 heavy (non-hydrogen) atoms. The SMILES string of the molecule is CN1CC2CC(c3ncc4c(=O)cc5sc6ccccc6n5c4n3)CC2C1. The number of thiazole rings is 1. The van der Waals surface area contributed by atoms with Crippen molar-refractivity contribution in [3.8, 4) is 0 Å². The zero-order valence-electron chi connectivity index (χ0n) is 15.1. The molecule has 2 atom stereocenters. The van der Waals surface area contributed by atoms with Crippen molar-refractivity contribution in [2.24, 2.45) is 11.8 Å². The summed E-state index contributed by atoms with van der Waals surface area (Å²) in [7, 11) is 2.21. The van der Waals surface area contributed by atoms with E-state index in [1.165, 1.54) is 17.8 Å². The van der Waals surface area contributed by atoms with E-state index in [9.17, 15) is 4.79 Å². The Morgan fingerprint density at radius 1 is 1.15 bits per heavy atom. The number of nitrogens with zero attached hydrogens (tertiary/aromatic N) is 4. The Kier molecular flexibility index (Phi) is 3.26. The van der Waals surface area contributed by atoms with Crippen LogP contribution in [0.4, 0.5) is 0 Å². The lowest BCUT2D eigenvalue weighted by atomic mass is 10.0. The second kappa shape index (κ2) is 5.59. The standard InChI is InChI=1S/C21H20N4OS/c1-24-10-13-6-12(7-14(13)11-24)20-22-9-15-17(26)8-19-25(21(15)23-20)16-4-2-3-5-18(16)27-19/h2-5,8-9,12-14H,6-7,10-11H2,1H3. The van der Waals surface area contributed by atoms with Crippen LogP contribution < -0.4 is 5.43 Å². The molecule has 2 aliphatic rings. The number of likely N-dealkylation sites (tertiary alicyclic amines) is 1. The van der Waals surface area contributed by atoms with Gasteiger partial charge >= 0.3 is 0 Å². The zero-order valence-corrected chi connectivity index (χ0v) is 15.9. The van der Waals surface area contributed by atoms with Crippen molar-refractivity contribution in [3.05, 3.63) is 52.6 Å². The Bertz CT molecular complexity index is 1250. The second-order valence-corrected chi connectivity index (χ2v) is 9.19. The first-order chi connectivity index (χ1) is 13.2. The number of rotatable bonds is 1. The third-order valence-electron chi connectivity index (χ3n) is 6.36. The van der Waals surface area contributed by atoms with Crippen LogP contribution in [0.1, 0.15) is 24.6 Å². The molecule has 1 aromatic carbocycles. The molecule has 136 valence electrons. The summed E-state index contributed by atoms with van der Waals surface area (Å²) >= 11 is 1.64. The van der Waals surface area contributed by atoms with Gasteiger partial charge in [-0.1, -0.05) is 12.1 Å². The van der Waals surface area contributed by atoms with Crippen molar-refractivity contribution >= 4 is 37.4 Å². The molecule has 2 fully saturated rings. The maximum Gasteiger partial charge on any atom is 0.194 e. The highest BCUT2D eigenvalue weighted by Crippen LogP contribution is 2.45. The third kappa shape index (κ3) is 2.29. The van der Waals surface area contributed by atoms with Gasteiger partial charge in [0.15, 0.2) is 11.1 Å². The summed E-state index contributed by atoms with van der Waals surface area (Å²) in [6, 6.07) is 9.98. The first-order valence-electron chi connectivity index (χ1n) is 9.56. The van der Waals surface area contributed by atoms with Gasteiger partial charge in [-0.25, -0.2) is 9.97 Å². The molecule has 0 spiro atoms. The maximum absolute atomic E-state index is 12.6. The molecule has 4 aromatic rings. The molecule has 0 bridgehead atoms. The zero-order chi connectivity index (χ0) is 18.1. The molecule has 1 aliphatic heterocycles. The average molecular weight is 376 g/mol. The van der Waals surface area contributed by atoms with Gasteiger partial charge in [-0.05, 0) is 43.9 Å². The summed E-state index contributed by atoms with van der Waals surface area (Å²) in [5.41, 5.74) is 1.87. The quantitative estimate of drug-likeness (QED) is 0.510. The first kappa shape index (κ1) is 15.7. The number of benzene rings is 1. The van der Waals surface area contributed by atoms with Gasteiger partial charge in [0.05, 0.1) is 15.6 Å². The van der Waals surface area contributed by atoms with E-state index in [0.717, 1.165) is 46.5 Å². The smallest absolute Gasteiger partial charge is 0.194 e. The molecule has 1 aliphatic carbocycles. The van der Waals surface area contributed by atoms with Crippen LogP contribution in [-0.4, -0.2) is 39.4 Å². The summed E-state index contributed by atoms with van der Waals surface area (Å²) < 4.78 is 3.30. The molecule has 0 N–H and O–H groups in total. The minimum atomic E-state index is 0.00743. The number of pyridine rings is 1. The van der Waals surface area contributed by atoms with E-state index in [1.54, 1.807) is 23.6 Å². The van der Waals surface area contributed by atoms with Crippen molar-refractivity contribution < 1.29 is 0 Å². The fourth-order valence-electron chi connectivity index (χ4n) is 5.18. The number of hydrogen-bond acceptors (Lipinski definition) is 5. The Morgan fingerprint density at radius 2 is 1.93 bits per heavy atom. The second-order valence-electron chi connectivity index (χ2n) is 8.13. The van der Waals surface area contributed by atoms with Crippen molar-refractivity contribution in [3.63, 3.8) is 0 Å². The van der Waals surface area contributed by atoms with E-state index in [2.05, 4.69) is 33.5 Å². The first-order valence-corrected chi connectivity index (χ1v) is 10.4. The van der Waals surface area contributed by atoms with Gasteiger partial charge in [0.2, 0.25) is 0 Å². The number of aromatic nitrogens is 3. The van der Waals surface area contributed by atoms with Crippen LogP contribution >= 0.6 is 11.3 Å². The molecule has 1 saturated heterocycles. The van der Waals surface area contributed by atoms with Gasteiger partial charge < -0.3 is 4.90 Å². The van der Waals surface area contributed by atoms with Crippen LogP contribution in [0.3, 0.4) is 0 Å². The molecule has 4 heterocycles. The predicted octanol–water partition coefficient (Wildman–Crippen LogP) is 3.51. The van der Waals surface area contributed by atoms with Crippen LogP contribution in [-0.2, 0) is 0 Å². The molecule has 0 radical (unpaired) electrons. The van der Waals surface area contributed by atoms with Gasteiger partial charge in [0.25, 0.3) is 0 Å². The molecule has 6 heteroatoms. The van der Waals surface area contributed by atoms with Crippen LogP contribution in [0.15, 0.2) is 41.3 Å². The highest BCUT2D eigenvalue weighted by atomic mass is 32.1. The van der Waals surface area contributed by atoms with Gasteiger partial charge in [-0.3, -0.25) is 9.20 Å². The van der Waals surface area contributed by atoms with Crippen LogP contribution in [0.25, 0.3) is 26.1 Å². The van der Waals surface area contributed by atoms with Crippen LogP contribution in [0, 0.1) is 11.8 Å². The van der Waals surface area contributed by atoms with Crippen molar-refractivity contribution in [2.75, 3.05) is 20.1 Å². The number of hydrogen-bond donors (Lipinski definition) is 0. The fraction of sp³-hybridized carbons (Fsp3) is 0.381. The molecular formula is C21H20N4OS. The molecule has 0 amide bonds. The monoisotopic (exact) mass is 376 g/mol. The topological polar surface area (TPSA) is 50.5 Å². The largest absolute Gasteiger partial charge is 0.306 e. The van der Waals surface area contributed by atoms with E-state index in [4.69, 9.17) is 4.98 Å².